The van der Waals surface area contributed by atoms with Crippen molar-refractivity contribution in [1.29, 1.82) is 0 Å². The molecule has 17 heavy (non-hydrogen) atoms. The van der Waals surface area contributed by atoms with Gasteiger partial charge in [-0.15, -0.1) is 11.8 Å². The first-order chi connectivity index (χ1) is 8.09. The number of β-amino-alcohol motifs (C(OH)–C–C–N with tert-alkyl or cyclic N) is 1. The summed E-state index contributed by atoms with van der Waals surface area (Å²) in [6.07, 6.45) is 4.11. The molecule has 1 aromatic carbocycles. The van der Waals surface area contributed by atoms with Gasteiger partial charge >= 0.3 is 0 Å². The van der Waals surface area contributed by atoms with E-state index in [1.807, 2.05) is 6.92 Å². The molecule has 1 heterocycles. The fourth-order valence-corrected chi connectivity index (χ4v) is 2.86. The van der Waals surface area contributed by atoms with Crippen molar-refractivity contribution >= 4 is 11.8 Å². The lowest BCUT2D eigenvalue weighted by atomic mass is 9.95. The van der Waals surface area contributed by atoms with E-state index in [0.717, 1.165) is 32.5 Å². The summed E-state index contributed by atoms with van der Waals surface area (Å²) >= 11 is 1.77. The number of hydrogen-bond acceptors (Lipinski definition) is 3. The van der Waals surface area contributed by atoms with E-state index in [1.54, 1.807) is 11.8 Å². The second kappa shape index (κ2) is 5.42. The molecule has 3 heteroatoms. The Bertz CT molecular complexity index is 361. The highest BCUT2D eigenvalue weighted by Crippen LogP contribution is 2.22. The summed E-state index contributed by atoms with van der Waals surface area (Å²) in [6, 6.07) is 8.72. The van der Waals surface area contributed by atoms with E-state index in [-0.39, 0.29) is 0 Å². The molecular weight excluding hydrogens is 230 g/mol. The summed E-state index contributed by atoms with van der Waals surface area (Å²) in [7, 11) is 0. The molecule has 1 saturated heterocycles. The molecule has 0 aromatic heterocycles. The first-order valence-corrected chi connectivity index (χ1v) is 7.39. The molecule has 0 amide bonds. The number of piperidine rings is 1. The van der Waals surface area contributed by atoms with Crippen LogP contribution in [0, 0.1) is 0 Å². The van der Waals surface area contributed by atoms with E-state index in [2.05, 4.69) is 35.4 Å². The molecule has 1 fully saturated rings. The third-order valence-corrected chi connectivity index (χ3v) is 4.06. The number of aliphatic hydroxyl groups is 1. The van der Waals surface area contributed by atoms with Gasteiger partial charge in [0.25, 0.3) is 0 Å². The van der Waals surface area contributed by atoms with Gasteiger partial charge in [-0.3, -0.25) is 4.90 Å². The summed E-state index contributed by atoms with van der Waals surface area (Å²) in [4.78, 5) is 3.65. The average Bonchev–Trinajstić information content (AvgIpc) is 2.29. The fraction of sp³-hybridized carbons (Fsp3) is 0.571. The van der Waals surface area contributed by atoms with E-state index in [1.165, 1.54) is 10.5 Å². The molecule has 94 valence electrons. The molecular formula is C14H21NOS. The molecule has 1 aromatic rings. The van der Waals surface area contributed by atoms with Crippen molar-refractivity contribution in [1.82, 2.24) is 4.90 Å². The molecule has 0 spiro atoms. The Hall–Kier alpha value is -0.510. The number of rotatable bonds is 3. The van der Waals surface area contributed by atoms with Crippen molar-refractivity contribution in [3.05, 3.63) is 29.8 Å². The number of likely N-dealkylation sites (tertiary alicyclic amines) is 1. The lowest BCUT2D eigenvalue weighted by Gasteiger charge is -2.36. The minimum atomic E-state index is -0.503. The second-order valence-corrected chi connectivity index (χ2v) is 6.04. The van der Waals surface area contributed by atoms with Crippen molar-refractivity contribution in [2.75, 3.05) is 19.3 Å². The third-order valence-electron chi connectivity index (χ3n) is 3.32. The van der Waals surface area contributed by atoms with Crippen LogP contribution < -0.4 is 0 Å². The monoisotopic (exact) mass is 251 g/mol. The minimum Gasteiger partial charge on any atom is -0.389 e. The Morgan fingerprint density at radius 1 is 1.35 bits per heavy atom. The zero-order chi connectivity index (χ0) is 12.3. The van der Waals surface area contributed by atoms with Crippen LogP contribution >= 0.6 is 11.8 Å². The topological polar surface area (TPSA) is 23.5 Å². The maximum absolute atomic E-state index is 10.1. The zero-order valence-corrected chi connectivity index (χ0v) is 11.5. The van der Waals surface area contributed by atoms with Crippen LogP contribution in [0.3, 0.4) is 0 Å². The average molecular weight is 251 g/mol. The van der Waals surface area contributed by atoms with Crippen LogP contribution in [0.2, 0.25) is 0 Å². The van der Waals surface area contributed by atoms with Gasteiger partial charge in [0.15, 0.2) is 0 Å². The molecule has 0 saturated carbocycles. The van der Waals surface area contributed by atoms with Gasteiger partial charge in [0, 0.05) is 18.0 Å². The maximum Gasteiger partial charge on any atom is 0.0746 e. The number of nitrogens with zero attached hydrogens (tertiary/aromatic N) is 1. The summed E-state index contributed by atoms with van der Waals surface area (Å²) in [5, 5.41) is 10.1. The van der Waals surface area contributed by atoms with Crippen molar-refractivity contribution in [2.45, 2.75) is 36.8 Å². The van der Waals surface area contributed by atoms with Crippen LogP contribution in [0.4, 0.5) is 0 Å². The first-order valence-electron chi connectivity index (χ1n) is 6.17. The molecule has 2 nitrogen and oxygen atoms in total. The van der Waals surface area contributed by atoms with Gasteiger partial charge in [-0.2, -0.15) is 0 Å². The lowest BCUT2D eigenvalue weighted by Crippen LogP contribution is -2.45. The van der Waals surface area contributed by atoms with Crippen LogP contribution in [0.5, 0.6) is 0 Å². The second-order valence-electron chi connectivity index (χ2n) is 5.16. The summed E-state index contributed by atoms with van der Waals surface area (Å²) in [5.41, 5.74) is 0.831. The highest BCUT2D eigenvalue weighted by molar-refractivity contribution is 7.98. The Morgan fingerprint density at radius 3 is 2.65 bits per heavy atom. The predicted molar refractivity (Wildman–Crippen MR) is 73.4 cm³/mol. The van der Waals surface area contributed by atoms with Crippen LogP contribution in [-0.2, 0) is 6.54 Å². The fourth-order valence-electron chi connectivity index (χ4n) is 2.45. The maximum atomic E-state index is 10.1. The van der Waals surface area contributed by atoms with Gasteiger partial charge in [0.2, 0.25) is 0 Å². The van der Waals surface area contributed by atoms with Gasteiger partial charge in [-0.1, -0.05) is 12.1 Å². The molecule has 0 radical (unpaired) electrons. The van der Waals surface area contributed by atoms with Crippen molar-refractivity contribution in [3.8, 4) is 0 Å². The number of benzene rings is 1. The highest BCUT2D eigenvalue weighted by Gasteiger charge is 2.27. The minimum absolute atomic E-state index is 0.503. The quantitative estimate of drug-likeness (QED) is 0.836. The van der Waals surface area contributed by atoms with E-state index >= 15 is 0 Å². The van der Waals surface area contributed by atoms with Gasteiger partial charge in [-0.05, 0) is 50.3 Å². The Balaban J connectivity index is 1.95. The van der Waals surface area contributed by atoms with Crippen LogP contribution in [0.1, 0.15) is 25.3 Å². The SMILES string of the molecule is CSc1ccc(CN2CCCC(C)(O)C2)cc1. The Morgan fingerprint density at radius 2 is 2.06 bits per heavy atom. The molecule has 0 bridgehead atoms. The highest BCUT2D eigenvalue weighted by atomic mass is 32.2. The van der Waals surface area contributed by atoms with E-state index in [0.29, 0.717) is 0 Å². The number of thioether (sulfide) groups is 1. The Labute approximate surface area is 108 Å². The summed E-state index contributed by atoms with van der Waals surface area (Å²) < 4.78 is 0. The Kier molecular flexibility index (Phi) is 4.13. The third kappa shape index (κ3) is 3.73. The van der Waals surface area contributed by atoms with E-state index in [9.17, 15) is 5.11 Å². The molecule has 0 aliphatic carbocycles. The number of hydrogen-bond donors (Lipinski definition) is 1. The van der Waals surface area contributed by atoms with Gasteiger partial charge < -0.3 is 5.11 Å². The smallest absolute Gasteiger partial charge is 0.0746 e. The first kappa shape index (κ1) is 12.9. The van der Waals surface area contributed by atoms with Crippen molar-refractivity contribution < 1.29 is 5.11 Å². The molecule has 1 unspecified atom stereocenters. The molecule has 1 N–H and O–H groups in total. The van der Waals surface area contributed by atoms with Gasteiger partial charge in [-0.25, -0.2) is 0 Å². The normalized spacial score (nSPS) is 26.1. The molecule has 1 aliphatic rings. The predicted octanol–water partition coefficient (Wildman–Crippen LogP) is 2.76. The zero-order valence-electron chi connectivity index (χ0n) is 10.6. The largest absolute Gasteiger partial charge is 0.389 e. The summed E-state index contributed by atoms with van der Waals surface area (Å²) in [6.45, 7) is 4.78. The van der Waals surface area contributed by atoms with E-state index < -0.39 is 5.60 Å². The lowest BCUT2D eigenvalue weighted by molar-refractivity contribution is -0.0181. The van der Waals surface area contributed by atoms with E-state index in [4.69, 9.17) is 0 Å². The van der Waals surface area contributed by atoms with Crippen LogP contribution in [0.25, 0.3) is 0 Å². The van der Waals surface area contributed by atoms with Crippen LogP contribution in [-0.4, -0.2) is 35.0 Å². The summed E-state index contributed by atoms with van der Waals surface area (Å²) in [5.74, 6) is 0. The van der Waals surface area contributed by atoms with Crippen LogP contribution in [0.15, 0.2) is 29.2 Å². The van der Waals surface area contributed by atoms with Crippen molar-refractivity contribution in [3.63, 3.8) is 0 Å². The molecule has 1 aliphatic heterocycles. The van der Waals surface area contributed by atoms with Gasteiger partial charge in [0.05, 0.1) is 5.60 Å². The molecule has 2 rings (SSSR count). The standard InChI is InChI=1S/C14H21NOS/c1-14(16)8-3-9-15(11-14)10-12-4-6-13(17-2)7-5-12/h4-7,16H,3,8-11H2,1-2H3. The van der Waals surface area contributed by atoms with Crippen molar-refractivity contribution in [2.24, 2.45) is 0 Å². The molecule has 1 atom stereocenters. The van der Waals surface area contributed by atoms with Gasteiger partial charge in [0.1, 0.15) is 0 Å².